The van der Waals surface area contributed by atoms with Crippen molar-refractivity contribution in [1.29, 1.82) is 0 Å². The molecule has 1 atom stereocenters. The van der Waals surface area contributed by atoms with Crippen LogP contribution in [0.25, 0.3) is 0 Å². The van der Waals surface area contributed by atoms with Crippen molar-refractivity contribution < 1.29 is 9.13 Å². The van der Waals surface area contributed by atoms with Crippen molar-refractivity contribution >= 4 is 0 Å². The third-order valence-electron chi connectivity index (χ3n) is 2.41. The van der Waals surface area contributed by atoms with Crippen LogP contribution in [0.5, 0.6) is 5.75 Å². The van der Waals surface area contributed by atoms with Gasteiger partial charge in [-0.15, -0.1) is 11.8 Å². The lowest BCUT2D eigenvalue weighted by atomic mass is 10.0. The maximum atomic E-state index is 13.7. The highest BCUT2D eigenvalue weighted by Gasteiger charge is 2.17. The zero-order valence-electron chi connectivity index (χ0n) is 9.80. The Morgan fingerprint density at radius 1 is 1.50 bits per heavy atom. The third kappa shape index (κ3) is 2.74. The van der Waals surface area contributed by atoms with Gasteiger partial charge in [0.05, 0.1) is 7.11 Å². The molecule has 0 aliphatic rings. The van der Waals surface area contributed by atoms with E-state index < -0.39 is 0 Å². The van der Waals surface area contributed by atoms with Crippen molar-refractivity contribution in [2.75, 3.05) is 14.2 Å². The molecule has 0 saturated carbocycles. The van der Waals surface area contributed by atoms with E-state index in [9.17, 15) is 4.39 Å². The summed E-state index contributed by atoms with van der Waals surface area (Å²) in [5.41, 5.74) is 0.537. The number of rotatable bonds is 4. The molecule has 0 aliphatic carbocycles. The van der Waals surface area contributed by atoms with Gasteiger partial charge in [0.25, 0.3) is 0 Å². The maximum Gasteiger partial charge on any atom is 0.131 e. The van der Waals surface area contributed by atoms with Crippen LogP contribution in [0.1, 0.15) is 24.9 Å². The Morgan fingerprint density at radius 2 is 2.25 bits per heavy atom. The van der Waals surface area contributed by atoms with Crippen LogP contribution in [0.3, 0.4) is 0 Å². The Morgan fingerprint density at radius 3 is 2.81 bits per heavy atom. The van der Waals surface area contributed by atoms with Gasteiger partial charge in [-0.2, -0.15) is 0 Å². The van der Waals surface area contributed by atoms with Crippen molar-refractivity contribution in [3.05, 3.63) is 29.6 Å². The predicted molar refractivity (Wildman–Crippen MR) is 62.8 cm³/mol. The fourth-order valence-electron chi connectivity index (χ4n) is 1.59. The lowest BCUT2D eigenvalue weighted by Crippen LogP contribution is -2.18. The van der Waals surface area contributed by atoms with E-state index in [4.69, 9.17) is 4.74 Å². The first-order chi connectivity index (χ1) is 7.74. The van der Waals surface area contributed by atoms with Crippen LogP contribution in [-0.2, 0) is 0 Å². The second kappa shape index (κ2) is 6.14. The van der Waals surface area contributed by atoms with E-state index in [0.29, 0.717) is 17.7 Å². The number of ether oxygens (including phenoxy) is 1. The number of halogens is 1. The van der Waals surface area contributed by atoms with Gasteiger partial charge in [0.15, 0.2) is 0 Å². The normalized spacial score (nSPS) is 11.5. The van der Waals surface area contributed by atoms with Gasteiger partial charge in [0, 0.05) is 18.0 Å². The summed E-state index contributed by atoms with van der Waals surface area (Å²) in [5.74, 6) is 6.03. The number of benzene rings is 1. The van der Waals surface area contributed by atoms with E-state index in [1.807, 2.05) is 0 Å². The molecule has 1 N–H and O–H groups in total. The monoisotopic (exact) mass is 221 g/mol. The number of hydrogen-bond acceptors (Lipinski definition) is 2. The minimum absolute atomic E-state index is 0.149. The predicted octanol–water partition coefficient (Wildman–Crippen LogP) is 2.51. The highest BCUT2D eigenvalue weighted by Crippen LogP contribution is 2.29. The van der Waals surface area contributed by atoms with Crippen LogP contribution in [0.2, 0.25) is 0 Å². The second-order valence-corrected chi connectivity index (χ2v) is 3.33. The average Bonchev–Trinajstić information content (AvgIpc) is 2.31. The first kappa shape index (κ1) is 12.5. The van der Waals surface area contributed by atoms with Crippen molar-refractivity contribution in [1.82, 2.24) is 5.32 Å². The molecule has 0 heterocycles. The molecule has 0 amide bonds. The molecule has 16 heavy (non-hydrogen) atoms. The molecule has 1 unspecified atom stereocenters. The summed E-state index contributed by atoms with van der Waals surface area (Å²) >= 11 is 0. The van der Waals surface area contributed by atoms with E-state index in [0.717, 1.165) is 0 Å². The number of nitrogens with one attached hydrogen (secondary N) is 1. The van der Waals surface area contributed by atoms with E-state index in [1.54, 1.807) is 26.1 Å². The zero-order chi connectivity index (χ0) is 12.0. The quantitative estimate of drug-likeness (QED) is 0.789. The third-order valence-corrected chi connectivity index (χ3v) is 2.41. The Kier molecular flexibility index (Phi) is 4.81. The molecule has 1 rings (SSSR count). The smallest absolute Gasteiger partial charge is 0.131 e. The molecule has 1 aromatic carbocycles. The minimum Gasteiger partial charge on any atom is -0.496 e. The molecular weight excluding hydrogens is 205 g/mol. The van der Waals surface area contributed by atoms with Gasteiger partial charge in [0.1, 0.15) is 11.6 Å². The van der Waals surface area contributed by atoms with E-state index >= 15 is 0 Å². The van der Waals surface area contributed by atoms with Gasteiger partial charge in [-0.1, -0.05) is 6.07 Å². The van der Waals surface area contributed by atoms with Gasteiger partial charge in [-0.3, -0.25) is 0 Å². The summed E-state index contributed by atoms with van der Waals surface area (Å²) in [6, 6.07) is 4.67. The summed E-state index contributed by atoms with van der Waals surface area (Å²) < 4.78 is 18.9. The highest BCUT2D eigenvalue weighted by molar-refractivity contribution is 5.37. The van der Waals surface area contributed by atoms with E-state index in [2.05, 4.69) is 17.2 Å². The van der Waals surface area contributed by atoms with Gasteiger partial charge in [-0.05, 0) is 26.1 Å². The molecule has 0 aromatic heterocycles. The SMILES string of the molecule is CC#CCC(NC)c1c(F)cccc1OC. The van der Waals surface area contributed by atoms with Gasteiger partial charge < -0.3 is 10.1 Å². The molecule has 0 fully saturated rings. The maximum absolute atomic E-state index is 13.7. The molecule has 3 heteroatoms. The summed E-state index contributed by atoms with van der Waals surface area (Å²) in [4.78, 5) is 0. The van der Waals surface area contributed by atoms with Gasteiger partial charge in [0.2, 0.25) is 0 Å². The number of hydrogen-bond donors (Lipinski definition) is 1. The lowest BCUT2D eigenvalue weighted by molar-refractivity contribution is 0.394. The van der Waals surface area contributed by atoms with Gasteiger partial charge >= 0.3 is 0 Å². The topological polar surface area (TPSA) is 21.3 Å². The number of methoxy groups -OCH3 is 1. The van der Waals surface area contributed by atoms with Crippen molar-refractivity contribution in [2.45, 2.75) is 19.4 Å². The van der Waals surface area contributed by atoms with Crippen LogP contribution in [0.15, 0.2) is 18.2 Å². The summed E-state index contributed by atoms with van der Waals surface area (Å²) in [6.07, 6.45) is 0.560. The van der Waals surface area contributed by atoms with Crippen LogP contribution >= 0.6 is 0 Å². The van der Waals surface area contributed by atoms with Crippen LogP contribution in [-0.4, -0.2) is 14.2 Å². The average molecular weight is 221 g/mol. The Labute approximate surface area is 95.8 Å². The van der Waals surface area contributed by atoms with Crippen molar-refractivity contribution in [3.8, 4) is 17.6 Å². The first-order valence-corrected chi connectivity index (χ1v) is 5.13. The Balaban J connectivity index is 3.10. The molecule has 86 valence electrons. The molecule has 0 aliphatic heterocycles. The van der Waals surface area contributed by atoms with Crippen molar-refractivity contribution in [3.63, 3.8) is 0 Å². The largest absolute Gasteiger partial charge is 0.496 e. The van der Waals surface area contributed by atoms with E-state index in [1.165, 1.54) is 13.2 Å². The van der Waals surface area contributed by atoms with Crippen LogP contribution in [0.4, 0.5) is 4.39 Å². The second-order valence-electron chi connectivity index (χ2n) is 3.33. The van der Waals surface area contributed by atoms with Crippen molar-refractivity contribution in [2.24, 2.45) is 0 Å². The molecule has 0 bridgehead atoms. The molecular formula is C13H16FNO. The fourth-order valence-corrected chi connectivity index (χ4v) is 1.59. The molecule has 0 saturated heterocycles. The zero-order valence-corrected chi connectivity index (χ0v) is 9.80. The van der Waals surface area contributed by atoms with Crippen LogP contribution in [0, 0.1) is 17.7 Å². The highest BCUT2D eigenvalue weighted by atomic mass is 19.1. The fraction of sp³-hybridized carbons (Fsp3) is 0.385. The molecule has 0 spiro atoms. The summed E-state index contributed by atoms with van der Waals surface area (Å²) in [5, 5.41) is 3.05. The molecule has 0 radical (unpaired) electrons. The Bertz CT molecular complexity index is 406. The standard InChI is InChI=1S/C13H16FNO/c1-4-5-8-11(15-2)13-10(14)7-6-9-12(13)16-3/h6-7,9,11,15H,8H2,1-3H3. The summed E-state index contributed by atoms with van der Waals surface area (Å²) in [7, 11) is 3.32. The molecule has 1 aromatic rings. The lowest BCUT2D eigenvalue weighted by Gasteiger charge is -2.17. The minimum atomic E-state index is -0.267. The molecule has 2 nitrogen and oxygen atoms in total. The van der Waals surface area contributed by atoms with E-state index in [-0.39, 0.29) is 11.9 Å². The van der Waals surface area contributed by atoms with Crippen LogP contribution < -0.4 is 10.1 Å². The first-order valence-electron chi connectivity index (χ1n) is 5.13. The van der Waals surface area contributed by atoms with Gasteiger partial charge in [-0.25, -0.2) is 4.39 Å². The Hall–Kier alpha value is -1.53. The summed E-state index contributed by atoms with van der Waals surface area (Å²) in [6.45, 7) is 1.77.